The maximum atomic E-state index is 11.9. The summed E-state index contributed by atoms with van der Waals surface area (Å²) < 4.78 is 10.3. The lowest BCUT2D eigenvalue weighted by molar-refractivity contribution is -0.169. The highest BCUT2D eigenvalue weighted by atomic mass is 16.7. The van der Waals surface area contributed by atoms with E-state index in [1.807, 2.05) is 0 Å². The summed E-state index contributed by atoms with van der Waals surface area (Å²) >= 11 is 0. The van der Waals surface area contributed by atoms with Crippen LogP contribution in [0.2, 0.25) is 0 Å². The largest absolute Gasteiger partial charge is 0.478 e. The second-order valence-electron chi connectivity index (χ2n) is 4.71. The van der Waals surface area contributed by atoms with Gasteiger partial charge in [0.1, 0.15) is 0 Å². The summed E-state index contributed by atoms with van der Waals surface area (Å²) in [5.74, 6) is -1.63. The topological polar surface area (TPSA) is 72.8 Å². The predicted octanol–water partition coefficient (Wildman–Crippen LogP) is 2.42. The Hall–Kier alpha value is -1.62. The molecule has 0 spiro atoms. The number of esters is 1. The van der Waals surface area contributed by atoms with Gasteiger partial charge in [-0.1, -0.05) is 12.2 Å². The normalized spacial score (nSPS) is 16.9. The van der Waals surface area contributed by atoms with Crippen molar-refractivity contribution in [3.63, 3.8) is 0 Å². The molecule has 0 fully saturated rings. The van der Waals surface area contributed by atoms with Crippen molar-refractivity contribution in [1.29, 1.82) is 0 Å². The molecule has 1 rings (SSSR count). The molecule has 0 saturated carbocycles. The first-order valence-corrected chi connectivity index (χ1v) is 6.34. The van der Waals surface area contributed by atoms with Crippen LogP contribution in [0.1, 0.15) is 39.5 Å². The van der Waals surface area contributed by atoms with Crippen molar-refractivity contribution < 1.29 is 24.2 Å². The summed E-state index contributed by atoms with van der Waals surface area (Å²) in [6, 6.07) is 0. The Morgan fingerprint density at radius 1 is 1.32 bits per heavy atom. The van der Waals surface area contributed by atoms with E-state index in [1.165, 1.54) is 0 Å². The quantitative estimate of drug-likeness (QED) is 0.455. The van der Waals surface area contributed by atoms with Gasteiger partial charge in [0.15, 0.2) is 0 Å². The van der Waals surface area contributed by atoms with E-state index in [-0.39, 0.29) is 11.1 Å². The van der Waals surface area contributed by atoms with Crippen LogP contribution in [0.5, 0.6) is 0 Å². The second kappa shape index (κ2) is 7.09. The Morgan fingerprint density at radius 2 is 1.89 bits per heavy atom. The zero-order valence-electron chi connectivity index (χ0n) is 11.4. The first-order chi connectivity index (χ1) is 8.91. The molecule has 1 aliphatic carbocycles. The Balaban J connectivity index is 2.65. The molecular weight excluding hydrogens is 248 g/mol. The first kappa shape index (κ1) is 15.4. The summed E-state index contributed by atoms with van der Waals surface area (Å²) in [4.78, 5) is 23.0. The molecule has 0 bridgehead atoms. The van der Waals surface area contributed by atoms with Crippen LogP contribution in [-0.2, 0) is 19.1 Å². The second-order valence-corrected chi connectivity index (χ2v) is 4.71. The van der Waals surface area contributed by atoms with Crippen molar-refractivity contribution in [2.45, 2.75) is 45.8 Å². The van der Waals surface area contributed by atoms with E-state index < -0.39 is 18.2 Å². The molecule has 106 valence electrons. The third kappa shape index (κ3) is 4.87. The molecular formula is C14H20O5. The molecule has 0 radical (unpaired) electrons. The number of ether oxygens (including phenoxy) is 2. The van der Waals surface area contributed by atoms with Crippen LogP contribution in [-0.4, -0.2) is 29.9 Å². The summed E-state index contributed by atoms with van der Waals surface area (Å²) in [7, 11) is 0. The van der Waals surface area contributed by atoms with Crippen LogP contribution in [0.4, 0.5) is 0 Å². The van der Waals surface area contributed by atoms with Gasteiger partial charge in [-0.05, 0) is 39.5 Å². The summed E-state index contributed by atoms with van der Waals surface area (Å²) in [5, 5.41) is 9.06. The van der Waals surface area contributed by atoms with Crippen molar-refractivity contribution in [2.24, 2.45) is 0 Å². The number of aliphatic carboxylic acids is 1. The van der Waals surface area contributed by atoms with Crippen LogP contribution in [0.25, 0.3) is 0 Å². The Bertz CT molecular complexity index is 408. The van der Waals surface area contributed by atoms with Crippen molar-refractivity contribution in [3.05, 3.63) is 23.3 Å². The van der Waals surface area contributed by atoms with Crippen LogP contribution in [0, 0.1) is 0 Å². The molecule has 5 nitrogen and oxygen atoms in total. The highest BCUT2D eigenvalue weighted by Gasteiger charge is 2.25. The average Bonchev–Trinajstić information content (AvgIpc) is 2.36. The van der Waals surface area contributed by atoms with Crippen LogP contribution in [0.3, 0.4) is 0 Å². The van der Waals surface area contributed by atoms with E-state index in [2.05, 4.69) is 6.58 Å². The zero-order valence-corrected chi connectivity index (χ0v) is 11.4. The fraction of sp³-hybridized carbons (Fsp3) is 0.571. The molecule has 0 heterocycles. The summed E-state index contributed by atoms with van der Waals surface area (Å²) in [6.07, 6.45) is 1.75. The van der Waals surface area contributed by atoms with Gasteiger partial charge in [0, 0.05) is 11.1 Å². The minimum atomic E-state index is -1.04. The number of carbonyl (C=O) groups is 2. The molecule has 19 heavy (non-hydrogen) atoms. The third-order valence-electron chi connectivity index (χ3n) is 2.81. The van der Waals surface area contributed by atoms with Crippen LogP contribution >= 0.6 is 0 Å². The molecule has 1 atom stereocenters. The minimum absolute atomic E-state index is 0.170. The average molecular weight is 268 g/mol. The highest BCUT2D eigenvalue weighted by molar-refractivity contribution is 5.99. The molecule has 0 saturated heterocycles. The van der Waals surface area contributed by atoms with Gasteiger partial charge >= 0.3 is 11.9 Å². The SMILES string of the molecule is C=C(C)COC(C)OC(=O)C1=C(C(=O)O)CCCC1. The number of rotatable bonds is 6. The van der Waals surface area contributed by atoms with Gasteiger partial charge in [0.25, 0.3) is 0 Å². The standard InChI is InChI=1S/C14H20O5/c1-9(2)8-18-10(3)19-14(17)12-7-5-4-6-11(12)13(15)16/h10H,1,4-8H2,2-3H3,(H,15,16). The fourth-order valence-electron chi connectivity index (χ4n) is 1.88. The lowest BCUT2D eigenvalue weighted by Gasteiger charge is -2.19. The van der Waals surface area contributed by atoms with Crippen molar-refractivity contribution in [1.82, 2.24) is 0 Å². The van der Waals surface area contributed by atoms with Gasteiger partial charge in [-0.25, -0.2) is 9.59 Å². The first-order valence-electron chi connectivity index (χ1n) is 6.34. The van der Waals surface area contributed by atoms with E-state index in [0.717, 1.165) is 18.4 Å². The van der Waals surface area contributed by atoms with Crippen LogP contribution < -0.4 is 0 Å². The molecule has 0 amide bonds. The maximum absolute atomic E-state index is 11.9. The molecule has 0 aromatic heterocycles. The number of hydrogen-bond acceptors (Lipinski definition) is 4. The van der Waals surface area contributed by atoms with E-state index in [9.17, 15) is 9.59 Å². The van der Waals surface area contributed by atoms with Gasteiger partial charge in [0.2, 0.25) is 6.29 Å². The Morgan fingerprint density at radius 3 is 2.42 bits per heavy atom. The van der Waals surface area contributed by atoms with Gasteiger partial charge in [-0.15, -0.1) is 0 Å². The molecule has 0 aliphatic heterocycles. The molecule has 5 heteroatoms. The maximum Gasteiger partial charge on any atom is 0.336 e. The number of carboxylic acids is 1. The third-order valence-corrected chi connectivity index (χ3v) is 2.81. The van der Waals surface area contributed by atoms with Crippen LogP contribution in [0.15, 0.2) is 23.3 Å². The van der Waals surface area contributed by atoms with Gasteiger partial charge in [0.05, 0.1) is 6.61 Å². The predicted molar refractivity (Wildman–Crippen MR) is 69.4 cm³/mol. The fourth-order valence-corrected chi connectivity index (χ4v) is 1.88. The van der Waals surface area contributed by atoms with Gasteiger partial charge in [-0.3, -0.25) is 0 Å². The number of carbonyl (C=O) groups excluding carboxylic acids is 1. The number of carboxylic acid groups (broad SMARTS) is 1. The molecule has 1 N–H and O–H groups in total. The summed E-state index contributed by atoms with van der Waals surface area (Å²) in [5.41, 5.74) is 1.26. The van der Waals surface area contributed by atoms with Gasteiger partial charge in [-0.2, -0.15) is 0 Å². The van der Waals surface area contributed by atoms with Crippen molar-refractivity contribution in [2.75, 3.05) is 6.61 Å². The van der Waals surface area contributed by atoms with E-state index >= 15 is 0 Å². The van der Waals surface area contributed by atoms with Crippen molar-refractivity contribution in [3.8, 4) is 0 Å². The van der Waals surface area contributed by atoms with E-state index in [1.54, 1.807) is 13.8 Å². The zero-order chi connectivity index (χ0) is 14.4. The number of hydrogen-bond donors (Lipinski definition) is 1. The minimum Gasteiger partial charge on any atom is -0.478 e. The monoisotopic (exact) mass is 268 g/mol. The van der Waals surface area contributed by atoms with E-state index in [0.29, 0.717) is 19.4 Å². The molecule has 0 aromatic carbocycles. The Kier molecular flexibility index (Phi) is 5.76. The lowest BCUT2D eigenvalue weighted by Crippen LogP contribution is -2.23. The molecule has 1 unspecified atom stereocenters. The molecule has 1 aliphatic rings. The Labute approximate surface area is 112 Å². The van der Waals surface area contributed by atoms with E-state index in [4.69, 9.17) is 14.6 Å². The smallest absolute Gasteiger partial charge is 0.336 e. The lowest BCUT2D eigenvalue weighted by atomic mass is 9.92. The van der Waals surface area contributed by atoms with Gasteiger partial charge < -0.3 is 14.6 Å². The molecule has 0 aromatic rings. The van der Waals surface area contributed by atoms with Crippen molar-refractivity contribution >= 4 is 11.9 Å². The summed E-state index contributed by atoms with van der Waals surface area (Å²) in [6.45, 7) is 7.39. The highest BCUT2D eigenvalue weighted by Crippen LogP contribution is 2.26.